The minimum absolute atomic E-state index is 0.0323. The molecule has 0 heterocycles. The number of hydrogen-bond donors (Lipinski definition) is 2. The fourth-order valence-corrected chi connectivity index (χ4v) is 1.23. The summed E-state index contributed by atoms with van der Waals surface area (Å²) in [6.07, 6.45) is 1.59. The number of nitrogens with one attached hydrogen (secondary N) is 1. The van der Waals surface area contributed by atoms with Gasteiger partial charge >= 0.3 is 5.97 Å². The molecule has 20 heavy (non-hydrogen) atoms. The van der Waals surface area contributed by atoms with Crippen molar-refractivity contribution < 1.29 is 24.2 Å². The van der Waals surface area contributed by atoms with Gasteiger partial charge in [0.15, 0.2) is 12.6 Å². The minimum atomic E-state index is -1.00. The van der Waals surface area contributed by atoms with Crippen LogP contribution in [0.5, 0.6) is 0 Å². The van der Waals surface area contributed by atoms with Crippen LogP contribution in [0.4, 0.5) is 0 Å². The van der Waals surface area contributed by atoms with E-state index in [0.717, 1.165) is 0 Å². The first kappa shape index (κ1) is 18.1. The molecule has 0 saturated heterocycles. The number of nitriles is 1. The normalized spacial score (nSPS) is 12.8. The SMILES string of the molecule is C=CCCC(=O)N[C@@H](COC[C@H](C)O)C(=O)OCC#N. The number of carbonyl (C=O) groups excluding carboxylic acids is 2. The summed E-state index contributed by atoms with van der Waals surface area (Å²) >= 11 is 0. The average Bonchev–Trinajstić information content (AvgIpc) is 2.40. The van der Waals surface area contributed by atoms with Gasteiger partial charge in [0.25, 0.3) is 0 Å². The first-order valence-corrected chi connectivity index (χ1v) is 6.21. The van der Waals surface area contributed by atoms with Gasteiger partial charge in [-0.25, -0.2) is 4.79 Å². The summed E-state index contributed by atoms with van der Waals surface area (Å²) in [4.78, 5) is 23.2. The number of aliphatic hydroxyl groups excluding tert-OH is 1. The molecule has 112 valence electrons. The molecule has 0 aliphatic heterocycles. The fraction of sp³-hybridized carbons (Fsp3) is 0.615. The maximum atomic E-state index is 11.6. The zero-order valence-electron chi connectivity index (χ0n) is 11.5. The zero-order valence-corrected chi connectivity index (χ0v) is 11.5. The number of carbonyl (C=O) groups is 2. The Bertz CT molecular complexity index is 362. The molecule has 0 aliphatic rings. The third-order valence-corrected chi connectivity index (χ3v) is 2.12. The van der Waals surface area contributed by atoms with Crippen molar-refractivity contribution in [1.82, 2.24) is 5.32 Å². The molecule has 0 aromatic rings. The Kier molecular flexibility index (Phi) is 9.92. The third kappa shape index (κ3) is 9.08. The maximum absolute atomic E-state index is 11.6. The second-order valence-electron chi connectivity index (χ2n) is 4.10. The van der Waals surface area contributed by atoms with Crippen LogP contribution in [0.3, 0.4) is 0 Å². The predicted octanol–water partition coefficient (Wildman–Crippen LogP) is -0.0984. The van der Waals surface area contributed by atoms with Crippen LogP contribution in [0.25, 0.3) is 0 Å². The predicted molar refractivity (Wildman–Crippen MR) is 70.4 cm³/mol. The van der Waals surface area contributed by atoms with E-state index in [1.807, 2.05) is 0 Å². The highest BCUT2D eigenvalue weighted by Gasteiger charge is 2.22. The number of ether oxygens (including phenoxy) is 2. The van der Waals surface area contributed by atoms with Gasteiger partial charge in [-0.2, -0.15) is 5.26 Å². The molecule has 0 radical (unpaired) electrons. The van der Waals surface area contributed by atoms with E-state index in [1.54, 1.807) is 12.1 Å². The lowest BCUT2D eigenvalue weighted by Crippen LogP contribution is -2.45. The van der Waals surface area contributed by atoms with Gasteiger partial charge in [0.2, 0.25) is 5.91 Å². The third-order valence-electron chi connectivity index (χ3n) is 2.12. The number of aliphatic hydroxyl groups is 1. The number of esters is 1. The molecule has 0 aromatic heterocycles. The Balaban J connectivity index is 4.37. The Morgan fingerprint density at radius 2 is 2.20 bits per heavy atom. The van der Waals surface area contributed by atoms with Crippen LogP contribution in [-0.2, 0) is 19.1 Å². The smallest absolute Gasteiger partial charge is 0.332 e. The van der Waals surface area contributed by atoms with Gasteiger partial charge in [0, 0.05) is 6.42 Å². The number of amides is 1. The lowest BCUT2D eigenvalue weighted by atomic mass is 10.2. The lowest BCUT2D eigenvalue weighted by Gasteiger charge is -2.17. The van der Waals surface area contributed by atoms with Crippen molar-refractivity contribution in [3.05, 3.63) is 12.7 Å². The number of hydrogen-bond acceptors (Lipinski definition) is 6. The number of allylic oxidation sites excluding steroid dienone is 1. The monoisotopic (exact) mass is 284 g/mol. The van der Waals surface area contributed by atoms with Gasteiger partial charge in [-0.1, -0.05) is 6.08 Å². The first-order valence-electron chi connectivity index (χ1n) is 6.21. The molecule has 0 fully saturated rings. The van der Waals surface area contributed by atoms with Crippen LogP contribution in [-0.4, -0.2) is 48.9 Å². The number of rotatable bonds is 10. The quantitative estimate of drug-likeness (QED) is 0.428. The molecule has 0 saturated carbocycles. The second-order valence-corrected chi connectivity index (χ2v) is 4.10. The van der Waals surface area contributed by atoms with Crippen LogP contribution in [0.2, 0.25) is 0 Å². The van der Waals surface area contributed by atoms with E-state index in [4.69, 9.17) is 15.1 Å². The Labute approximate surface area is 118 Å². The van der Waals surface area contributed by atoms with Crippen molar-refractivity contribution in [3.63, 3.8) is 0 Å². The van der Waals surface area contributed by atoms with E-state index >= 15 is 0 Å². The fourth-order valence-electron chi connectivity index (χ4n) is 1.23. The highest BCUT2D eigenvalue weighted by molar-refractivity contribution is 5.84. The highest BCUT2D eigenvalue weighted by Crippen LogP contribution is 1.96. The van der Waals surface area contributed by atoms with Crippen LogP contribution < -0.4 is 5.32 Å². The summed E-state index contributed by atoms with van der Waals surface area (Å²) in [6, 6.07) is 0.665. The molecule has 0 bridgehead atoms. The van der Waals surface area contributed by atoms with E-state index in [0.29, 0.717) is 6.42 Å². The van der Waals surface area contributed by atoms with Gasteiger partial charge in [-0.15, -0.1) is 6.58 Å². The minimum Gasteiger partial charge on any atom is -0.449 e. The van der Waals surface area contributed by atoms with Gasteiger partial charge < -0.3 is 19.9 Å². The van der Waals surface area contributed by atoms with Crippen molar-refractivity contribution in [2.75, 3.05) is 19.8 Å². The molecule has 7 nitrogen and oxygen atoms in total. The Morgan fingerprint density at radius 1 is 1.50 bits per heavy atom. The van der Waals surface area contributed by atoms with Crippen molar-refractivity contribution >= 4 is 11.9 Å². The molecule has 1 amide bonds. The molecule has 0 unspecified atom stereocenters. The average molecular weight is 284 g/mol. The summed E-state index contributed by atoms with van der Waals surface area (Å²) in [5, 5.41) is 19.9. The maximum Gasteiger partial charge on any atom is 0.332 e. The second kappa shape index (κ2) is 11.0. The highest BCUT2D eigenvalue weighted by atomic mass is 16.5. The molecule has 0 spiro atoms. The summed E-state index contributed by atoms with van der Waals surface area (Å²) in [5.74, 6) is -1.09. The first-order chi connectivity index (χ1) is 9.51. The summed E-state index contributed by atoms with van der Waals surface area (Å²) < 4.78 is 9.73. The molecular formula is C13H20N2O5. The van der Waals surface area contributed by atoms with Crippen molar-refractivity contribution in [1.29, 1.82) is 5.26 Å². The van der Waals surface area contributed by atoms with Gasteiger partial charge in [0.05, 0.1) is 19.3 Å². The molecule has 0 aliphatic carbocycles. The van der Waals surface area contributed by atoms with Crippen LogP contribution in [0.1, 0.15) is 19.8 Å². The van der Waals surface area contributed by atoms with Gasteiger partial charge in [-0.05, 0) is 13.3 Å². The van der Waals surface area contributed by atoms with Crippen LogP contribution in [0, 0.1) is 11.3 Å². The lowest BCUT2D eigenvalue weighted by molar-refractivity contribution is -0.148. The molecule has 2 N–H and O–H groups in total. The van der Waals surface area contributed by atoms with E-state index in [1.165, 1.54) is 6.92 Å². The summed E-state index contributed by atoms with van der Waals surface area (Å²) in [5.41, 5.74) is 0. The molecule has 0 rings (SSSR count). The number of nitrogens with zero attached hydrogens (tertiary/aromatic N) is 1. The largest absolute Gasteiger partial charge is 0.449 e. The molecule has 7 heteroatoms. The van der Waals surface area contributed by atoms with Crippen LogP contribution in [0.15, 0.2) is 12.7 Å². The topological polar surface area (TPSA) is 109 Å². The van der Waals surface area contributed by atoms with Gasteiger partial charge in [-0.3, -0.25) is 4.79 Å². The van der Waals surface area contributed by atoms with Crippen molar-refractivity contribution in [3.8, 4) is 6.07 Å². The molecule has 2 atom stereocenters. The van der Waals surface area contributed by atoms with E-state index in [9.17, 15) is 9.59 Å². The van der Waals surface area contributed by atoms with Crippen LogP contribution >= 0.6 is 0 Å². The van der Waals surface area contributed by atoms with Gasteiger partial charge in [0.1, 0.15) is 6.07 Å². The summed E-state index contributed by atoms with van der Waals surface area (Å²) in [6.45, 7) is 4.54. The zero-order chi connectivity index (χ0) is 15.4. The summed E-state index contributed by atoms with van der Waals surface area (Å²) in [7, 11) is 0. The van der Waals surface area contributed by atoms with E-state index in [2.05, 4.69) is 16.6 Å². The van der Waals surface area contributed by atoms with E-state index < -0.39 is 24.7 Å². The Hall–Kier alpha value is -1.91. The van der Waals surface area contributed by atoms with Crippen molar-refractivity contribution in [2.45, 2.75) is 31.9 Å². The standard InChI is InChI=1S/C13H20N2O5/c1-3-4-5-12(17)15-11(9-19-8-10(2)16)13(18)20-7-6-14/h3,10-11,16H,1,4-5,7-9H2,2H3,(H,15,17)/t10-,11-/m0/s1. The molecular weight excluding hydrogens is 264 g/mol. The Morgan fingerprint density at radius 3 is 2.75 bits per heavy atom. The van der Waals surface area contributed by atoms with E-state index in [-0.39, 0.29) is 25.5 Å². The molecule has 0 aromatic carbocycles. The van der Waals surface area contributed by atoms with Crippen molar-refractivity contribution in [2.24, 2.45) is 0 Å².